The van der Waals surface area contributed by atoms with Gasteiger partial charge in [0.05, 0.1) is 57.5 Å². The molecule has 8 aliphatic carbocycles. The predicted molar refractivity (Wildman–Crippen MR) is 591 cm³/mol. The van der Waals surface area contributed by atoms with E-state index in [-0.39, 0.29) is 5.63 Å². The zero-order valence-electron chi connectivity index (χ0n) is 87.5. The number of hydrogen-bond acceptors (Lipinski definition) is 11. The first-order valence-electron chi connectivity index (χ1n) is 50.4. The Morgan fingerprint density at radius 2 is 0.790 bits per heavy atom. The van der Waals surface area contributed by atoms with Crippen LogP contribution in [0.4, 0.5) is 0 Å². The highest BCUT2D eigenvalue weighted by Gasteiger charge is 2.34. The van der Waals surface area contributed by atoms with Crippen molar-refractivity contribution in [1.29, 1.82) is 0 Å². The van der Waals surface area contributed by atoms with Gasteiger partial charge in [0.25, 0.3) is 0 Å². The summed E-state index contributed by atoms with van der Waals surface area (Å²) in [7, 11) is 4.24. The van der Waals surface area contributed by atoms with Crippen molar-refractivity contribution in [1.82, 2.24) is 32.8 Å². The van der Waals surface area contributed by atoms with Crippen molar-refractivity contribution in [3.8, 4) is 78.4 Å². The van der Waals surface area contributed by atoms with E-state index in [1.807, 2.05) is 39.4 Å². The van der Waals surface area contributed by atoms with E-state index in [9.17, 15) is 4.79 Å². The fraction of sp³-hybridized carbons (Fsp3) is 0.262. The van der Waals surface area contributed by atoms with Crippen LogP contribution in [0.3, 0.4) is 0 Å². The van der Waals surface area contributed by atoms with E-state index in [0.29, 0.717) is 0 Å². The molecule has 0 saturated heterocycles. The molecule has 8 aliphatic rings. The molecule has 13 aromatic carbocycles. The molecule has 13 heteroatoms. The first-order chi connectivity index (χ1) is 68.5. The molecule has 21 aromatic rings. The molecule has 12 nitrogen and oxygen atoms in total. The van der Waals surface area contributed by atoms with Gasteiger partial charge in [-0.1, -0.05) is 109 Å². The molecule has 0 fully saturated rings. The molecular weight excluding hydrogens is 1770 g/mol. The van der Waals surface area contributed by atoms with E-state index < -0.39 is 0 Å². The molecule has 0 radical (unpaired) electrons. The maximum absolute atomic E-state index is 12.2. The SMILES string of the molecule is Cc1cc2c(cc1C)-c1c(cc(C)n1C)C2.Cc1cc2c(cc1C)-c1occ(C)c1C2.Cc1cc2c(o1)Cc1cc(C)c(C)cc1-2.Cc1cc2c3c(c1)c(=O)oc1c(C)c(C)cc(c13)C2.Cc1ccc2c(c1C)Cc1cc(C)c3c(ncn3C)c1-2.Cc1ccc2c(c1C)Cc1cc(C)c3nccnc3c1-2.Cc1ccc2c(c1C)Cc1cc(C)c3nsnc3c1-2.Cc1ccc2c3c(oc2c1)-c1cc(C)c(C)cc1C3. The Morgan fingerprint density at radius 3 is 1.40 bits per heavy atom. The number of aryl methyl sites for hydroxylation is 22. The minimum Gasteiger partial charge on any atom is -0.465 e. The molecule has 0 bridgehead atoms. The van der Waals surface area contributed by atoms with Gasteiger partial charge < -0.3 is 26.8 Å². The maximum atomic E-state index is 12.2. The van der Waals surface area contributed by atoms with Crippen molar-refractivity contribution in [2.24, 2.45) is 14.1 Å². The van der Waals surface area contributed by atoms with E-state index in [4.69, 9.17) is 17.7 Å². The summed E-state index contributed by atoms with van der Waals surface area (Å²) in [5, 5.41) is 4.25. The van der Waals surface area contributed by atoms with Crippen LogP contribution < -0.4 is 5.63 Å². The van der Waals surface area contributed by atoms with Crippen molar-refractivity contribution >= 4 is 77.5 Å². The maximum Gasteiger partial charge on any atom is 0.344 e. The molecule has 29 rings (SSSR count). The van der Waals surface area contributed by atoms with Gasteiger partial charge in [0.1, 0.15) is 45.2 Å². The summed E-state index contributed by atoms with van der Waals surface area (Å²) in [4.78, 5) is 26.0. The van der Waals surface area contributed by atoms with Crippen molar-refractivity contribution in [2.45, 2.75) is 218 Å². The second-order valence-electron chi connectivity index (χ2n) is 42.3. The largest absolute Gasteiger partial charge is 0.465 e. The molecule has 0 N–H and O–H groups in total. The molecule has 8 aromatic heterocycles. The third-order valence-corrected chi connectivity index (χ3v) is 33.3. The second-order valence-corrected chi connectivity index (χ2v) is 42.8. The van der Waals surface area contributed by atoms with Gasteiger partial charge in [-0.25, -0.2) is 9.78 Å². The van der Waals surface area contributed by atoms with Gasteiger partial charge in [0, 0.05) is 124 Å². The number of imidazole rings is 1. The van der Waals surface area contributed by atoms with Crippen molar-refractivity contribution in [2.75, 3.05) is 0 Å². The number of hydrogen-bond donors (Lipinski definition) is 0. The Bertz CT molecular complexity index is 9110. The molecule has 8 heterocycles. The van der Waals surface area contributed by atoms with Crippen LogP contribution in [0.25, 0.3) is 144 Å². The number of nitrogens with zero attached hydrogens (tertiary/aromatic N) is 7. The van der Waals surface area contributed by atoms with Crippen LogP contribution in [0.5, 0.6) is 0 Å². The van der Waals surface area contributed by atoms with Crippen molar-refractivity contribution < 1.29 is 17.7 Å². The van der Waals surface area contributed by atoms with Crippen LogP contribution in [-0.4, -0.2) is 32.8 Å². The van der Waals surface area contributed by atoms with Crippen LogP contribution >= 0.6 is 11.7 Å². The summed E-state index contributed by atoms with van der Waals surface area (Å²) >= 11 is 1.32. The summed E-state index contributed by atoms with van der Waals surface area (Å²) in [6, 6.07) is 56.0. The van der Waals surface area contributed by atoms with Gasteiger partial charge in [-0.3, -0.25) is 9.97 Å². The summed E-state index contributed by atoms with van der Waals surface area (Å²) in [6.07, 6.45) is 15.5. The highest BCUT2D eigenvalue weighted by atomic mass is 32.1. The number of furan rings is 3. The van der Waals surface area contributed by atoms with Crippen LogP contribution in [0.2, 0.25) is 0 Å². The van der Waals surface area contributed by atoms with E-state index in [2.05, 4.69) is 338 Å². The topological polar surface area (TPSA) is 144 Å². The Kier molecular flexibility index (Phi) is 23.2. The summed E-state index contributed by atoms with van der Waals surface area (Å²) in [5.74, 6) is 4.32. The normalized spacial score (nSPS) is 12.8. The minimum atomic E-state index is -0.214. The average molecular weight is 1900 g/mol. The lowest BCUT2D eigenvalue weighted by Gasteiger charge is -2.09. The number of rotatable bonds is 0. The Hall–Kier alpha value is -14.7. The Balaban J connectivity index is 0.0000000937. The monoisotopic (exact) mass is 1890 g/mol. The summed E-state index contributed by atoms with van der Waals surface area (Å²) in [6.45, 7) is 51.6. The van der Waals surface area contributed by atoms with E-state index in [1.165, 1.54) is 290 Å². The summed E-state index contributed by atoms with van der Waals surface area (Å²) < 4.78 is 36.4. The molecule has 0 amide bonds. The lowest BCUT2D eigenvalue weighted by atomic mass is 9.97. The Morgan fingerprint density at radius 1 is 0.308 bits per heavy atom. The molecule has 0 spiro atoms. The first kappa shape index (κ1) is 93.3. The van der Waals surface area contributed by atoms with Crippen molar-refractivity contribution in [3.63, 3.8) is 0 Å². The fourth-order valence-corrected chi connectivity index (χ4v) is 24.5. The fourth-order valence-electron chi connectivity index (χ4n) is 23.9. The number of aromatic nitrogens is 7. The van der Waals surface area contributed by atoms with Gasteiger partial charge in [-0.05, 0) is 451 Å². The zero-order chi connectivity index (χ0) is 100. The van der Waals surface area contributed by atoms with E-state index in [0.717, 1.165) is 140 Å². The first-order valence-corrected chi connectivity index (χ1v) is 51.2. The molecule has 0 saturated carbocycles. The van der Waals surface area contributed by atoms with Gasteiger partial charge in [-0.2, -0.15) is 8.75 Å². The molecule has 0 unspecified atom stereocenters. The Labute approximate surface area is 842 Å². The number of benzene rings is 13. The minimum absolute atomic E-state index is 0.214. The van der Waals surface area contributed by atoms with Crippen LogP contribution in [-0.2, 0) is 65.5 Å². The second kappa shape index (κ2) is 35.5. The highest BCUT2D eigenvalue weighted by Crippen LogP contribution is 2.51. The van der Waals surface area contributed by atoms with Crippen molar-refractivity contribution in [3.05, 3.63) is 410 Å². The average Bonchev–Trinajstić information content (AvgIpc) is 1.60. The van der Waals surface area contributed by atoms with Gasteiger partial charge in [0.15, 0.2) is 0 Å². The molecular formula is C130H123N7O5S. The predicted octanol–water partition coefficient (Wildman–Crippen LogP) is 32.2. The number of fused-ring (bicyclic) bond motifs is 29. The third-order valence-electron chi connectivity index (χ3n) is 32.8. The third kappa shape index (κ3) is 15.8. The van der Waals surface area contributed by atoms with Gasteiger partial charge in [0.2, 0.25) is 0 Å². The van der Waals surface area contributed by atoms with E-state index in [1.54, 1.807) is 12.4 Å². The molecule has 0 aliphatic heterocycles. The standard InChI is InChI=1S/C18H18N2.C18H16N2.C18H16O.C17H14O2.C16H14N2S.C15H17N.2C14H14O/c1-10-5-6-14-15(12(10)3)8-13-7-11(2)18-17(16(13)14)19-9-20(18)4;1-10-4-5-14-15(12(10)3)9-13-8-11(2)17-18(16(13)14)20-7-6-19-17;1-10-4-5-14-16-9-13-7-11(2)12(3)8-15(13)18(16)19-17(14)6-10;1-8-4-11-7-12-6-9(2)10(3)16-15(12)14(11)13(5-8)17(18)19-16;1-8-4-5-12-13(10(8)3)7-11-6-9(2)15-16(14(11)12)18-19-17-15;1-9-5-12-8-13-7-11(3)16(4)15(13)14(12)6-10(9)2;1-8-4-11-6-12-10(3)7-15-14(12)13(11)5-9(8)2;1-8-4-11-7-14-13(6-10(3)15-14)12(11)5-9(8)2/h5-7,9H,8H2,1-4H3;4-8H,9H2,1-3H3;4-8H,9H2,1-3H3;2*4-6H,7H2,1-3H3;5-7H,8H2,1-4H3;4-5,7H,6H2,1-3H3;4-6H,7H2,1-3H3. The summed E-state index contributed by atoms with van der Waals surface area (Å²) in [5.41, 5.74) is 75.8. The van der Waals surface area contributed by atoms with Crippen LogP contribution in [0.15, 0.2) is 199 Å². The highest BCUT2D eigenvalue weighted by molar-refractivity contribution is 7.00. The van der Waals surface area contributed by atoms with Gasteiger partial charge in [-0.15, -0.1) is 0 Å². The lowest BCUT2D eigenvalue weighted by molar-refractivity contribution is 0.496. The van der Waals surface area contributed by atoms with Crippen LogP contribution in [0, 0.1) is 166 Å². The van der Waals surface area contributed by atoms with Gasteiger partial charge >= 0.3 is 5.63 Å². The molecule has 714 valence electrons. The zero-order valence-corrected chi connectivity index (χ0v) is 88.3. The molecule has 143 heavy (non-hydrogen) atoms. The van der Waals surface area contributed by atoms with Crippen LogP contribution in [0.1, 0.15) is 223 Å². The van der Waals surface area contributed by atoms with E-state index >= 15 is 0 Å². The quantitative estimate of drug-likeness (QED) is 0.106. The smallest absolute Gasteiger partial charge is 0.344 e. The molecule has 0 atom stereocenters. The lowest BCUT2D eigenvalue weighted by Crippen LogP contribution is -2.01.